The number of pyridine rings is 1. The molecule has 0 amide bonds. The van der Waals surface area contributed by atoms with Gasteiger partial charge >= 0.3 is 6.18 Å². The number of nitrogens with one attached hydrogen (secondary N) is 2. The Bertz CT molecular complexity index is 858. The van der Waals surface area contributed by atoms with E-state index in [9.17, 15) is 23.4 Å². The fraction of sp³-hybridized carbons (Fsp3) is 0.500. The fourth-order valence-corrected chi connectivity index (χ4v) is 3.82. The Morgan fingerprint density at radius 2 is 1.97 bits per heavy atom. The van der Waals surface area contributed by atoms with E-state index in [4.69, 9.17) is 16.4 Å². The molecule has 2 aliphatic rings. The molecule has 0 aromatic carbocycles. The van der Waals surface area contributed by atoms with Gasteiger partial charge in [-0.1, -0.05) is 0 Å². The summed E-state index contributed by atoms with van der Waals surface area (Å²) < 4.78 is 40.6. The first-order valence-corrected chi connectivity index (χ1v) is 9.01. The van der Waals surface area contributed by atoms with Crippen molar-refractivity contribution in [3.8, 4) is 6.07 Å². The maximum atomic E-state index is 13.5. The number of nitrogens with two attached hydrogens (primary N) is 1. The second-order valence-electron chi connectivity index (χ2n) is 7.15. The Morgan fingerprint density at radius 3 is 2.55 bits per heavy atom. The molecule has 0 spiro atoms. The van der Waals surface area contributed by atoms with Crippen molar-refractivity contribution in [1.82, 2.24) is 10.3 Å². The van der Waals surface area contributed by atoms with E-state index < -0.39 is 41.7 Å². The van der Waals surface area contributed by atoms with E-state index in [-0.39, 0.29) is 5.71 Å². The van der Waals surface area contributed by atoms with E-state index in [1.165, 1.54) is 6.20 Å². The minimum atomic E-state index is -4.86. The normalized spacial score (nSPS) is 26.1. The van der Waals surface area contributed by atoms with Gasteiger partial charge in [-0.15, -0.1) is 0 Å². The van der Waals surface area contributed by atoms with Crippen molar-refractivity contribution in [2.75, 3.05) is 18.0 Å². The van der Waals surface area contributed by atoms with Crippen LogP contribution in [0.3, 0.4) is 0 Å². The molecule has 3 rings (SSSR count). The van der Waals surface area contributed by atoms with E-state index in [2.05, 4.69) is 10.3 Å². The molecule has 2 aliphatic heterocycles. The highest BCUT2D eigenvalue weighted by molar-refractivity contribution is 6.01. The largest absolute Gasteiger partial charge is 0.398 e. The highest BCUT2D eigenvalue weighted by Crippen LogP contribution is 2.40. The molecule has 0 bridgehead atoms. The Morgan fingerprint density at radius 1 is 1.31 bits per heavy atom. The molecular formula is C18H21F3N6O2. The van der Waals surface area contributed by atoms with Crippen LogP contribution in [0.4, 0.5) is 18.9 Å². The van der Waals surface area contributed by atoms with Crippen molar-refractivity contribution in [1.29, 1.82) is 10.7 Å². The van der Waals surface area contributed by atoms with E-state index >= 15 is 0 Å². The number of halogens is 3. The molecule has 1 saturated heterocycles. The zero-order chi connectivity index (χ0) is 21.3. The van der Waals surface area contributed by atoms with Gasteiger partial charge in [0.15, 0.2) is 6.23 Å². The number of rotatable bonds is 3. The van der Waals surface area contributed by atoms with Gasteiger partial charge in [0, 0.05) is 36.5 Å². The minimum absolute atomic E-state index is 0.285. The van der Waals surface area contributed by atoms with Gasteiger partial charge in [-0.25, -0.2) is 0 Å². The van der Waals surface area contributed by atoms with Gasteiger partial charge in [0.2, 0.25) is 0 Å². The molecule has 1 aromatic heterocycles. The summed E-state index contributed by atoms with van der Waals surface area (Å²) in [4.78, 5) is 5.96. The number of hydrogen-bond donors (Lipinski definition) is 5. The molecule has 6 N–H and O–H groups in total. The maximum absolute atomic E-state index is 13.5. The molecule has 8 nitrogen and oxygen atoms in total. The third-order valence-corrected chi connectivity index (χ3v) is 5.33. The summed E-state index contributed by atoms with van der Waals surface area (Å²) in [6.45, 7) is 0.929. The average Bonchev–Trinajstić information content (AvgIpc) is 2.69. The van der Waals surface area contributed by atoms with Crippen LogP contribution in [0.2, 0.25) is 0 Å². The molecule has 0 aliphatic carbocycles. The second kappa shape index (κ2) is 7.88. The first kappa shape index (κ1) is 20.9. The smallest absolute Gasteiger partial charge is 0.387 e. The molecule has 1 fully saturated rings. The summed E-state index contributed by atoms with van der Waals surface area (Å²) in [6, 6.07) is 3.69. The molecule has 3 heterocycles. The summed E-state index contributed by atoms with van der Waals surface area (Å²) in [6.07, 6.45) is -5.04. The number of nitriles is 1. The minimum Gasteiger partial charge on any atom is -0.387 e. The lowest BCUT2D eigenvalue weighted by Gasteiger charge is -2.40. The summed E-state index contributed by atoms with van der Waals surface area (Å²) in [5.41, 5.74) is 6.03. The Balaban J connectivity index is 1.77. The highest BCUT2D eigenvalue weighted by atomic mass is 19.4. The summed E-state index contributed by atoms with van der Waals surface area (Å²) in [5.74, 6) is -3.36. The van der Waals surface area contributed by atoms with E-state index in [1.54, 1.807) is 12.3 Å². The van der Waals surface area contributed by atoms with E-state index in [0.717, 1.165) is 5.69 Å². The predicted octanol–water partition coefficient (Wildman–Crippen LogP) is 0.821. The zero-order valence-electron chi connectivity index (χ0n) is 15.3. The standard InChI is InChI=1S/C18H21F3N6O2/c19-18(20,21)13-12(16(24)26-17(29)15(13)28)14(23)10-1-3-27(4-2-10)11-5-9(6-22)7-25-8-11/h5,7-8,10,13,15,17,23,26,28-29H,1-4,24H2/t13-,15-,17?/m1/s1. The SMILES string of the molecule is N#Cc1cncc(N2CCC(C(=N)C3=C(N)NC(O)[C@H](O)[C@@H]3C(F)(F)F)CC2)c1. The predicted molar refractivity (Wildman–Crippen MR) is 97.5 cm³/mol. The summed E-state index contributed by atoms with van der Waals surface area (Å²) in [7, 11) is 0. The molecule has 1 aromatic rings. The van der Waals surface area contributed by atoms with Crippen LogP contribution in [0, 0.1) is 28.6 Å². The van der Waals surface area contributed by atoms with Crippen molar-refractivity contribution >= 4 is 11.4 Å². The zero-order valence-corrected chi connectivity index (χ0v) is 15.3. The number of anilines is 1. The molecule has 1 unspecified atom stereocenters. The number of hydrogen-bond acceptors (Lipinski definition) is 8. The van der Waals surface area contributed by atoms with Gasteiger partial charge in [0.25, 0.3) is 0 Å². The number of nitrogens with zero attached hydrogens (tertiary/aromatic N) is 3. The first-order chi connectivity index (χ1) is 13.6. The molecule has 0 saturated carbocycles. The third-order valence-electron chi connectivity index (χ3n) is 5.33. The maximum Gasteiger partial charge on any atom is 0.398 e. The molecule has 29 heavy (non-hydrogen) atoms. The molecule has 0 radical (unpaired) electrons. The monoisotopic (exact) mass is 410 g/mol. The highest BCUT2D eigenvalue weighted by Gasteiger charge is 2.53. The topological polar surface area (TPSA) is 142 Å². The molecule has 156 valence electrons. The van der Waals surface area contributed by atoms with Crippen LogP contribution in [-0.2, 0) is 0 Å². The van der Waals surface area contributed by atoms with Crippen LogP contribution in [0.1, 0.15) is 18.4 Å². The average molecular weight is 410 g/mol. The van der Waals surface area contributed by atoms with Crippen LogP contribution in [0.15, 0.2) is 29.9 Å². The molecule has 11 heteroatoms. The number of alkyl halides is 3. The van der Waals surface area contributed by atoms with Crippen molar-refractivity contribution in [3.05, 3.63) is 35.4 Å². The second-order valence-corrected chi connectivity index (χ2v) is 7.15. The van der Waals surface area contributed by atoms with Gasteiger partial charge in [0.05, 0.1) is 17.4 Å². The van der Waals surface area contributed by atoms with Crippen molar-refractivity contribution in [3.63, 3.8) is 0 Å². The van der Waals surface area contributed by atoms with Gasteiger partial charge in [-0.2, -0.15) is 18.4 Å². The molecule has 3 atom stereocenters. The number of aliphatic hydroxyl groups is 2. The van der Waals surface area contributed by atoms with Gasteiger partial charge in [0.1, 0.15) is 23.9 Å². The van der Waals surface area contributed by atoms with Crippen LogP contribution in [0.25, 0.3) is 0 Å². The first-order valence-electron chi connectivity index (χ1n) is 9.01. The summed E-state index contributed by atoms with van der Waals surface area (Å²) in [5, 5.41) is 39.1. The van der Waals surface area contributed by atoms with Crippen LogP contribution in [0.5, 0.6) is 0 Å². The van der Waals surface area contributed by atoms with Gasteiger partial charge < -0.3 is 31.6 Å². The Kier molecular flexibility index (Phi) is 5.68. The van der Waals surface area contributed by atoms with Crippen LogP contribution in [-0.4, -0.2) is 52.5 Å². The van der Waals surface area contributed by atoms with Gasteiger partial charge in [-0.3, -0.25) is 4.98 Å². The quantitative estimate of drug-likeness (QED) is 0.464. The lowest BCUT2D eigenvalue weighted by molar-refractivity contribution is -0.204. The molecular weight excluding hydrogens is 389 g/mol. The summed E-state index contributed by atoms with van der Waals surface area (Å²) >= 11 is 0. The number of piperidine rings is 1. The number of aromatic nitrogens is 1. The fourth-order valence-electron chi connectivity index (χ4n) is 3.82. The Hall–Kier alpha value is -2.84. The van der Waals surface area contributed by atoms with Gasteiger partial charge in [-0.05, 0) is 18.9 Å². The van der Waals surface area contributed by atoms with Crippen LogP contribution < -0.4 is 16.0 Å². The lowest BCUT2D eigenvalue weighted by Crippen LogP contribution is -2.56. The number of aliphatic hydroxyl groups excluding tert-OH is 2. The Labute approximate surface area is 165 Å². The lowest BCUT2D eigenvalue weighted by atomic mass is 9.79. The van der Waals surface area contributed by atoms with Crippen molar-refractivity contribution in [2.24, 2.45) is 17.6 Å². The van der Waals surface area contributed by atoms with Crippen LogP contribution >= 0.6 is 0 Å². The van der Waals surface area contributed by atoms with Crippen molar-refractivity contribution < 1.29 is 23.4 Å². The van der Waals surface area contributed by atoms with E-state index in [0.29, 0.717) is 31.5 Å². The van der Waals surface area contributed by atoms with E-state index in [1.807, 2.05) is 11.0 Å². The van der Waals surface area contributed by atoms with Crippen molar-refractivity contribution in [2.45, 2.75) is 31.3 Å². The third kappa shape index (κ3) is 4.13.